The van der Waals surface area contributed by atoms with Crippen LogP contribution >= 0.6 is 11.8 Å². The normalized spacial score (nSPS) is 12.2. The van der Waals surface area contributed by atoms with Crippen molar-refractivity contribution in [1.29, 1.82) is 0 Å². The van der Waals surface area contributed by atoms with E-state index in [2.05, 4.69) is 44.8 Å². The molecule has 0 fully saturated rings. The summed E-state index contributed by atoms with van der Waals surface area (Å²) in [5.41, 5.74) is 3.11. The molecule has 0 bridgehead atoms. The van der Waals surface area contributed by atoms with Crippen molar-refractivity contribution in [2.75, 3.05) is 5.75 Å². The van der Waals surface area contributed by atoms with Crippen LogP contribution < -0.4 is 0 Å². The first-order valence-corrected chi connectivity index (χ1v) is 7.43. The standard InChI is InChI=1S/C15H21NOS/c1-11-7-8-13-12(10-11)16-14(17-13)6-5-9-18-15(2,3)4/h7-8,10H,5-6,9H2,1-4H3. The van der Waals surface area contributed by atoms with Crippen molar-refractivity contribution in [3.05, 3.63) is 29.7 Å². The molecule has 1 aromatic heterocycles. The Balaban J connectivity index is 1.92. The monoisotopic (exact) mass is 263 g/mol. The molecule has 0 aliphatic heterocycles. The molecule has 3 heteroatoms. The fourth-order valence-corrected chi connectivity index (χ4v) is 2.69. The molecule has 0 saturated carbocycles. The summed E-state index contributed by atoms with van der Waals surface area (Å²) in [6.07, 6.45) is 2.05. The molecule has 0 amide bonds. The van der Waals surface area contributed by atoms with E-state index in [1.807, 2.05) is 17.8 Å². The van der Waals surface area contributed by atoms with Gasteiger partial charge in [-0.05, 0) is 36.8 Å². The van der Waals surface area contributed by atoms with Gasteiger partial charge in [-0.2, -0.15) is 11.8 Å². The molecule has 0 atom stereocenters. The van der Waals surface area contributed by atoms with Crippen LogP contribution in [-0.4, -0.2) is 15.5 Å². The van der Waals surface area contributed by atoms with E-state index < -0.39 is 0 Å². The Labute approximate surface area is 113 Å². The number of nitrogens with zero attached hydrogens (tertiary/aromatic N) is 1. The number of aryl methyl sites for hydroxylation is 2. The van der Waals surface area contributed by atoms with E-state index in [1.165, 1.54) is 5.56 Å². The van der Waals surface area contributed by atoms with Gasteiger partial charge in [-0.1, -0.05) is 26.8 Å². The third-order valence-corrected chi connectivity index (χ3v) is 4.02. The molecule has 18 heavy (non-hydrogen) atoms. The number of aromatic nitrogens is 1. The molecule has 0 spiro atoms. The highest BCUT2D eigenvalue weighted by Crippen LogP contribution is 2.24. The lowest BCUT2D eigenvalue weighted by molar-refractivity contribution is 0.526. The molecule has 0 unspecified atom stereocenters. The van der Waals surface area contributed by atoms with Crippen molar-refractivity contribution in [2.24, 2.45) is 0 Å². The molecule has 0 N–H and O–H groups in total. The van der Waals surface area contributed by atoms with E-state index in [0.717, 1.165) is 35.6 Å². The highest BCUT2D eigenvalue weighted by molar-refractivity contribution is 8.00. The highest BCUT2D eigenvalue weighted by atomic mass is 32.2. The largest absolute Gasteiger partial charge is 0.441 e. The number of fused-ring (bicyclic) bond motifs is 1. The summed E-state index contributed by atoms with van der Waals surface area (Å²) in [7, 11) is 0. The quantitative estimate of drug-likeness (QED) is 0.754. The summed E-state index contributed by atoms with van der Waals surface area (Å²) in [6.45, 7) is 8.83. The summed E-state index contributed by atoms with van der Waals surface area (Å²) in [4.78, 5) is 4.53. The van der Waals surface area contributed by atoms with E-state index in [0.29, 0.717) is 4.75 Å². The van der Waals surface area contributed by atoms with Crippen molar-refractivity contribution in [2.45, 2.75) is 45.3 Å². The molecule has 0 aliphatic carbocycles. The summed E-state index contributed by atoms with van der Waals surface area (Å²) >= 11 is 1.99. The Morgan fingerprint density at radius 1 is 1.28 bits per heavy atom. The number of hydrogen-bond donors (Lipinski definition) is 0. The van der Waals surface area contributed by atoms with Crippen LogP contribution in [0, 0.1) is 6.92 Å². The van der Waals surface area contributed by atoms with Crippen LogP contribution in [0.25, 0.3) is 11.1 Å². The van der Waals surface area contributed by atoms with Crippen LogP contribution in [0.4, 0.5) is 0 Å². The Bertz CT molecular complexity index is 525. The Morgan fingerprint density at radius 2 is 2.06 bits per heavy atom. The SMILES string of the molecule is Cc1ccc2oc(CCCSC(C)(C)C)nc2c1. The van der Waals surface area contributed by atoms with Gasteiger partial charge in [-0.3, -0.25) is 0 Å². The Kier molecular flexibility index (Phi) is 4.00. The first-order chi connectivity index (χ1) is 8.44. The van der Waals surface area contributed by atoms with Gasteiger partial charge >= 0.3 is 0 Å². The van der Waals surface area contributed by atoms with E-state index >= 15 is 0 Å². The molecule has 2 aromatic rings. The minimum Gasteiger partial charge on any atom is -0.441 e. The molecular formula is C15H21NOS. The second-order valence-electron chi connectivity index (χ2n) is 5.64. The van der Waals surface area contributed by atoms with Crippen LogP contribution in [0.2, 0.25) is 0 Å². The summed E-state index contributed by atoms with van der Waals surface area (Å²) in [6, 6.07) is 6.14. The molecule has 2 rings (SSSR count). The van der Waals surface area contributed by atoms with Gasteiger partial charge in [0.2, 0.25) is 0 Å². The lowest BCUT2D eigenvalue weighted by Gasteiger charge is -2.16. The van der Waals surface area contributed by atoms with Crippen LogP contribution in [0.1, 0.15) is 38.6 Å². The fraction of sp³-hybridized carbons (Fsp3) is 0.533. The molecule has 1 aromatic carbocycles. The van der Waals surface area contributed by atoms with Crippen LogP contribution in [-0.2, 0) is 6.42 Å². The fourth-order valence-electron chi connectivity index (χ4n) is 1.79. The number of thioether (sulfide) groups is 1. The molecule has 0 radical (unpaired) electrons. The first kappa shape index (κ1) is 13.5. The van der Waals surface area contributed by atoms with Crippen LogP contribution in [0.15, 0.2) is 22.6 Å². The summed E-state index contributed by atoms with van der Waals surface area (Å²) in [5, 5.41) is 0. The highest BCUT2D eigenvalue weighted by Gasteiger charge is 2.10. The lowest BCUT2D eigenvalue weighted by atomic mass is 10.2. The maximum Gasteiger partial charge on any atom is 0.195 e. The second kappa shape index (κ2) is 5.35. The second-order valence-corrected chi connectivity index (χ2v) is 7.56. The average molecular weight is 263 g/mol. The Hall–Kier alpha value is -0.960. The molecule has 2 nitrogen and oxygen atoms in total. The van der Waals surface area contributed by atoms with Crippen molar-refractivity contribution < 1.29 is 4.42 Å². The van der Waals surface area contributed by atoms with Crippen molar-refractivity contribution in [3.63, 3.8) is 0 Å². The maximum atomic E-state index is 5.73. The van der Waals surface area contributed by atoms with Crippen LogP contribution in [0.5, 0.6) is 0 Å². The van der Waals surface area contributed by atoms with E-state index in [9.17, 15) is 0 Å². The van der Waals surface area contributed by atoms with Gasteiger partial charge in [0.05, 0.1) is 0 Å². The zero-order chi connectivity index (χ0) is 13.2. The number of oxazole rings is 1. The Morgan fingerprint density at radius 3 is 2.78 bits per heavy atom. The topological polar surface area (TPSA) is 26.0 Å². The van der Waals surface area contributed by atoms with Gasteiger partial charge in [0.15, 0.2) is 11.5 Å². The van der Waals surface area contributed by atoms with E-state index in [4.69, 9.17) is 4.42 Å². The van der Waals surface area contributed by atoms with E-state index in [-0.39, 0.29) is 0 Å². The summed E-state index contributed by atoms with van der Waals surface area (Å²) < 4.78 is 6.08. The zero-order valence-corrected chi connectivity index (χ0v) is 12.4. The lowest BCUT2D eigenvalue weighted by Crippen LogP contribution is -2.08. The predicted octanol–water partition coefficient (Wildman–Crippen LogP) is 4.60. The third-order valence-electron chi connectivity index (χ3n) is 2.66. The van der Waals surface area contributed by atoms with Gasteiger partial charge in [-0.25, -0.2) is 4.98 Å². The molecule has 98 valence electrons. The van der Waals surface area contributed by atoms with Gasteiger partial charge in [0.1, 0.15) is 5.52 Å². The van der Waals surface area contributed by atoms with Crippen molar-refractivity contribution in [1.82, 2.24) is 4.98 Å². The average Bonchev–Trinajstić information content (AvgIpc) is 2.65. The summed E-state index contributed by atoms with van der Waals surface area (Å²) in [5.74, 6) is 2.02. The minimum absolute atomic E-state index is 0.346. The number of benzene rings is 1. The molecule has 1 heterocycles. The van der Waals surface area contributed by atoms with Gasteiger partial charge < -0.3 is 4.42 Å². The van der Waals surface area contributed by atoms with Crippen LogP contribution in [0.3, 0.4) is 0 Å². The smallest absolute Gasteiger partial charge is 0.195 e. The van der Waals surface area contributed by atoms with Gasteiger partial charge in [-0.15, -0.1) is 0 Å². The number of hydrogen-bond acceptors (Lipinski definition) is 3. The zero-order valence-electron chi connectivity index (χ0n) is 11.6. The molecule has 0 aliphatic rings. The van der Waals surface area contributed by atoms with Gasteiger partial charge in [0.25, 0.3) is 0 Å². The molecular weight excluding hydrogens is 242 g/mol. The maximum absolute atomic E-state index is 5.73. The minimum atomic E-state index is 0.346. The van der Waals surface area contributed by atoms with Crippen molar-refractivity contribution >= 4 is 22.9 Å². The van der Waals surface area contributed by atoms with E-state index in [1.54, 1.807) is 0 Å². The molecule has 0 saturated heterocycles. The number of rotatable bonds is 4. The third kappa shape index (κ3) is 3.77. The first-order valence-electron chi connectivity index (χ1n) is 6.44. The van der Waals surface area contributed by atoms with Gasteiger partial charge in [0, 0.05) is 11.2 Å². The predicted molar refractivity (Wildman–Crippen MR) is 79.3 cm³/mol. The van der Waals surface area contributed by atoms with Crippen molar-refractivity contribution in [3.8, 4) is 0 Å².